The maximum Gasteiger partial charge on any atom is 0.407 e. The SMILES string of the molecule is CCCCCCCCCCCCCCNC(=O)[C@H]1CCN(C(=O)O)C1. The Labute approximate surface area is 153 Å². The first kappa shape index (κ1) is 21.8. The number of rotatable bonds is 14. The summed E-state index contributed by atoms with van der Waals surface area (Å²) in [4.78, 5) is 24.2. The van der Waals surface area contributed by atoms with E-state index >= 15 is 0 Å². The minimum absolute atomic E-state index is 0.0202. The van der Waals surface area contributed by atoms with E-state index < -0.39 is 6.09 Å². The second-order valence-corrected chi connectivity index (χ2v) is 7.39. The van der Waals surface area contributed by atoms with Crippen molar-refractivity contribution in [2.75, 3.05) is 19.6 Å². The number of carboxylic acid groups (broad SMARTS) is 1. The highest BCUT2D eigenvalue weighted by atomic mass is 16.4. The van der Waals surface area contributed by atoms with E-state index in [1.807, 2.05) is 0 Å². The lowest BCUT2D eigenvalue weighted by Gasteiger charge is -2.12. The van der Waals surface area contributed by atoms with Crippen molar-refractivity contribution >= 4 is 12.0 Å². The van der Waals surface area contributed by atoms with Crippen LogP contribution in [-0.4, -0.2) is 41.6 Å². The average Bonchev–Trinajstić information content (AvgIpc) is 3.09. The van der Waals surface area contributed by atoms with Gasteiger partial charge in [-0.15, -0.1) is 0 Å². The van der Waals surface area contributed by atoms with Gasteiger partial charge in [0.15, 0.2) is 0 Å². The lowest BCUT2D eigenvalue weighted by Crippen LogP contribution is -2.34. The highest BCUT2D eigenvalue weighted by molar-refractivity contribution is 5.80. The van der Waals surface area contributed by atoms with E-state index in [-0.39, 0.29) is 11.8 Å². The zero-order valence-corrected chi connectivity index (χ0v) is 16.1. The van der Waals surface area contributed by atoms with E-state index in [1.165, 1.54) is 75.5 Å². The summed E-state index contributed by atoms with van der Waals surface area (Å²) in [6.45, 7) is 3.80. The second-order valence-electron chi connectivity index (χ2n) is 7.39. The molecule has 0 aromatic carbocycles. The molecule has 1 aliphatic rings. The summed E-state index contributed by atoms with van der Waals surface area (Å²) in [6.07, 6.45) is 15.5. The highest BCUT2D eigenvalue weighted by Gasteiger charge is 2.30. The minimum atomic E-state index is -0.920. The Bertz CT molecular complexity index is 374. The Kier molecular flexibility index (Phi) is 12.2. The summed E-state index contributed by atoms with van der Waals surface area (Å²) >= 11 is 0. The molecule has 0 aromatic rings. The molecule has 1 rings (SSSR count). The largest absolute Gasteiger partial charge is 0.465 e. The number of carbonyl (C=O) groups excluding carboxylic acids is 1. The van der Waals surface area contributed by atoms with Crippen molar-refractivity contribution in [1.82, 2.24) is 10.2 Å². The van der Waals surface area contributed by atoms with Gasteiger partial charge in [0.1, 0.15) is 0 Å². The summed E-state index contributed by atoms with van der Waals surface area (Å²) in [6, 6.07) is 0. The molecule has 0 unspecified atom stereocenters. The Balaban J connectivity index is 1.84. The zero-order valence-electron chi connectivity index (χ0n) is 16.1. The normalized spacial score (nSPS) is 17.0. The fourth-order valence-electron chi connectivity index (χ4n) is 3.47. The van der Waals surface area contributed by atoms with E-state index in [0.29, 0.717) is 19.5 Å². The zero-order chi connectivity index (χ0) is 18.3. The second kappa shape index (κ2) is 14.0. The van der Waals surface area contributed by atoms with Crippen LogP contribution in [0.5, 0.6) is 0 Å². The Morgan fingerprint density at radius 1 is 0.920 bits per heavy atom. The number of carbonyl (C=O) groups is 2. The molecule has 25 heavy (non-hydrogen) atoms. The van der Waals surface area contributed by atoms with Gasteiger partial charge in [-0.05, 0) is 12.8 Å². The van der Waals surface area contributed by atoms with Gasteiger partial charge in [-0.25, -0.2) is 4.79 Å². The molecule has 5 nitrogen and oxygen atoms in total. The first-order valence-electron chi connectivity index (χ1n) is 10.4. The van der Waals surface area contributed by atoms with Crippen LogP contribution in [-0.2, 0) is 4.79 Å². The van der Waals surface area contributed by atoms with Gasteiger partial charge in [-0.1, -0.05) is 77.6 Å². The van der Waals surface area contributed by atoms with Crippen LogP contribution in [0.15, 0.2) is 0 Å². The van der Waals surface area contributed by atoms with Gasteiger partial charge in [-0.3, -0.25) is 4.79 Å². The number of likely N-dealkylation sites (tertiary alicyclic amines) is 1. The molecular formula is C20H38N2O3. The Morgan fingerprint density at radius 2 is 1.44 bits per heavy atom. The Hall–Kier alpha value is -1.26. The van der Waals surface area contributed by atoms with Gasteiger partial charge in [-0.2, -0.15) is 0 Å². The number of nitrogens with one attached hydrogen (secondary N) is 1. The summed E-state index contributed by atoms with van der Waals surface area (Å²) in [7, 11) is 0. The topological polar surface area (TPSA) is 69.6 Å². The van der Waals surface area contributed by atoms with E-state index in [9.17, 15) is 9.59 Å². The fourth-order valence-corrected chi connectivity index (χ4v) is 3.47. The standard InChI is InChI=1S/C20H38N2O3/c1-2-3-4-5-6-7-8-9-10-11-12-13-15-21-19(23)18-14-16-22(17-18)20(24)25/h18H,2-17H2,1H3,(H,21,23)(H,24,25)/t18-/m0/s1. The van der Waals surface area contributed by atoms with Crippen LogP contribution < -0.4 is 5.32 Å². The van der Waals surface area contributed by atoms with Crippen molar-refractivity contribution in [2.45, 2.75) is 90.4 Å². The summed E-state index contributed by atoms with van der Waals surface area (Å²) in [5.74, 6) is -0.139. The molecule has 1 heterocycles. The quantitative estimate of drug-likeness (QED) is 0.440. The van der Waals surface area contributed by atoms with Crippen LogP contribution >= 0.6 is 0 Å². The van der Waals surface area contributed by atoms with Crippen LogP contribution in [0.4, 0.5) is 4.79 Å². The summed E-state index contributed by atoms with van der Waals surface area (Å²) in [5, 5.41) is 11.9. The van der Waals surface area contributed by atoms with Crippen molar-refractivity contribution in [3.05, 3.63) is 0 Å². The molecule has 1 atom stereocenters. The van der Waals surface area contributed by atoms with Gasteiger partial charge in [0, 0.05) is 19.6 Å². The van der Waals surface area contributed by atoms with E-state index in [4.69, 9.17) is 5.11 Å². The van der Waals surface area contributed by atoms with Crippen LogP contribution in [0.2, 0.25) is 0 Å². The number of nitrogens with zero attached hydrogens (tertiary/aromatic N) is 1. The molecule has 0 bridgehead atoms. The molecule has 0 aromatic heterocycles. The molecule has 0 spiro atoms. The highest BCUT2D eigenvalue weighted by Crippen LogP contribution is 2.16. The first-order chi connectivity index (χ1) is 12.1. The van der Waals surface area contributed by atoms with Gasteiger partial charge < -0.3 is 15.3 Å². The third-order valence-corrected chi connectivity index (χ3v) is 5.16. The first-order valence-corrected chi connectivity index (χ1v) is 10.4. The van der Waals surface area contributed by atoms with Crippen LogP contribution in [0.3, 0.4) is 0 Å². The molecule has 1 fully saturated rings. The van der Waals surface area contributed by atoms with Crippen molar-refractivity contribution in [3.8, 4) is 0 Å². The van der Waals surface area contributed by atoms with E-state index in [0.717, 1.165) is 13.0 Å². The smallest absolute Gasteiger partial charge is 0.407 e. The maximum absolute atomic E-state index is 12.0. The predicted molar refractivity (Wildman–Crippen MR) is 102 cm³/mol. The van der Waals surface area contributed by atoms with Crippen LogP contribution in [0, 0.1) is 5.92 Å². The maximum atomic E-state index is 12.0. The van der Waals surface area contributed by atoms with Crippen molar-refractivity contribution < 1.29 is 14.7 Å². The third-order valence-electron chi connectivity index (χ3n) is 5.16. The van der Waals surface area contributed by atoms with Crippen molar-refractivity contribution in [2.24, 2.45) is 5.92 Å². The molecule has 0 radical (unpaired) electrons. The lowest BCUT2D eigenvalue weighted by molar-refractivity contribution is -0.124. The molecule has 2 amide bonds. The number of hydrogen-bond acceptors (Lipinski definition) is 2. The van der Waals surface area contributed by atoms with Crippen LogP contribution in [0.1, 0.15) is 90.4 Å². The molecule has 1 saturated heterocycles. The molecule has 2 N–H and O–H groups in total. The molecule has 146 valence electrons. The van der Waals surface area contributed by atoms with E-state index in [1.54, 1.807) is 0 Å². The monoisotopic (exact) mass is 354 g/mol. The number of hydrogen-bond donors (Lipinski definition) is 2. The Morgan fingerprint density at radius 3 is 1.92 bits per heavy atom. The molecule has 1 aliphatic heterocycles. The van der Waals surface area contributed by atoms with Crippen molar-refractivity contribution in [1.29, 1.82) is 0 Å². The van der Waals surface area contributed by atoms with Gasteiger partial charge >= 0.3 is 6.09 Å². The number of unbranched alkanes of at least 4 members (excludes halogenated alkanes) is 11. The molecule has 0 saturated carbocycles. The molecule has 5 heteroatoms. The molecular weight excluding hydrogens is 316 g/mol. The predicted octanol–water partition coefficient (Wildman–Crippen LogP) is 4.80. The van der Waals surface area contributed by atoms with Gasteiger partial charge in [0.05, 0.1) is 5.92 Å². The lowest BCUT2D eigenvalue weighted by atomic mass is 10.1. The molecule has 0 aliphatic carbocycles. The third kappa shape index (κ3) is 10.4. The number of amides is 2. The summed E-state index contributed by atoms with van der Waals surface area (Å²) in [5.41, 5.74) is 0. The summed E-state index contributed by atoms with van der Waals surface area (Å²) < 4.78 is 0. The van der Waals surface area contributed by atoms with Crippen molar-refractivity contribution in [3.63, 3.8) is 0 Å². The van der Waals surface area contributed by atoms with Crippen LogP contribution in [0.25, 0.3) is 0 Å². The fraction of sp³-hybridized carbons (Fsp3) is 0.900. The van der Waals surface area contributed by atoms with E-state index in [2.05, 4.69) is 12.2 Å². The van der Waals surface area contributed by atoms with Gasteiger partial charge in [0.25, 0.3) is 0 Å². The van der Waals surface area contributed by atoms with Gasteiger partial charge in [0.2, 0.25) is 5.91 Å². The minimum Gasteiger partial charge on any atom is -0.465 e. The average molecular weight is 355 g/mol.